The summed E-state index contributed by atoms with van der Waals surface area (Å²) in [6, 6.07) is 0. The molecule has 0 bridgehead atoms. The van der Waals surface area contributed by atoms with Gasteiger partial charge in [0.2, 0.25) is 5.70 Å². The van der Waals surface area contributed by atoms with Gasteiger partial charge in [-0.1, -0.05) is 0 Å². The van der Waals surface area contributed by atoms with Crippen LogP contribution in [-0.4, -0.2) is 42.0 Å². The van der Waals surface area contributed by atoms with E-state index in [0.29, 0.717) is 6.54 Å². The number of hydrogen-bond donors (Lipinski definition) is 1. The SMILES string of the molecule is COC(=O)C1CCCN(C2=C3C=NC=C[NH+]3C(Br)=N2)C1.[Cl-]. The monoisotopic (exact) mass is 374 g/mol. The van der Waals surface area contributed by atoms with Crippen LogP contribution in [0.2, 0.25) is 0 Å². The summed E-state index contributed by atoms with van der Waals surface area (Å²) in [4.78, 5) is 23.7. The minimum Gasteiger partial charge on any atom is -1.00 e. The summed E-state index contributed by atoms with van der Waals surface area (Å²) in [6.07, 6.45) is 7.36. The average Bonchev–Trinajstić information content (AvgIpc) is 2.84. The highest BCUT2D eigenvalue weighted by atomic mass is 79.9. The molecule has 0 aromatic carbocycles. The number of rotatable bonds is 2. The molecule has 1 saturated heterocycles. The van der Waals surface area contributed by atoms with Crippen molar-refractivity contribution in [3.63, 3.8) is 0 Å². The van der Waals surface area contributed by atoms with Gasteiger partial charge in [0.15, 0.2) is 5.82 Å². The number of hydrogen-bond acceptors (Lipinski definition) is 5. The third-order valence-corrected chi connectivity index (χ3v) is 4.35. The van der Waals surface area contributed by atoms with Crippen LogP contribution in [0.25, 0.3) is 0 Å². The number of methoxy groups -OCH3 is 1. The van der Waals surface area contributed by atoms with E-state index < -0.39 is 0 Å². The maximum absolute atomic E-state index is 11.7. The molecule has 1 N–H and O–H groups in total. The second kappa shape index (κ2) is 6.72. The van der Waals surface area contributed by atoms with Crippen molar-refractivity contribution in [2.75, 3.05) is 20.2 Å². The molecule has 3 heterocycles. The van der Waals surface area contributed by atoms with Crippen molar-refractivity contribution in [3.05, 3.63) is 23.9 Å². The van der Waals surface area contributed by atoms with Gasteiger partial charge in [-0.2, -0.15) is 4.99 Å². The fourth-order valence-corrected chi connectivity index (χ4v) is 3.25. The predicted octanol–water partition coefficient (Wildman–Crippen LogP) is -2.75. The largest absolute Gasteiger partial charge is 1.00 e. The van der Waals surface area contributed by atoms with E-state index in [1.807, 2.05) is 12.4 Å². The number of nitrogens with one attached hydrogen (secondary N) is 1. The van der Waals surface area contributed by atoms with Gasteiger partial charge in [-0.25, -0.2) is 4.90 Å². The Morgan fingerprint density at radius 2 is 2.38 bits per heavy atom. The topological polar surface area (TPSA) is 58.7 Å². The van der Waals surface area contributed by atoms with Gasteiger partial charge < -0.3 is 22.0 Å². The molecule has 0 radical (unpaired) electrons. The number of ether oxygens (including phenoxy) is 1. The number of carbonyl (C=O) groups is 1. The zero-order valence-corrected chi connectivity index (χ0v) is 13.9. The Morgan fingerprint density at radius 3 is 3.14 bits per heavy atom. The van der Waals surface area contributed by atoms with Crippen molar-refractivity contribution in [3.8, 4) is 0 Å². The van der Waals surface area contributed by atoms with Crippen molar-refractivity contribution in [1.82, 2.24) is 4.90 Å². The van der Waals surface area contributed by atoms with Crippen molar-refractivity contribution < 1.29 is 26.8 Å². The van der Waals surface area contributed by atoms with Crippen LogP contribution in [-0.2, 0) is 9.53 Å². The number of carbonyl (C=O) groups excluding carboxylic acids is 1. The lowest BCUT2D eigenvalue weighted by molar-refractivity contribution is -0.685. The van der Waals surface area contributed by atoms with Gasteiger partial charge in [0.05, 0.1) is 25.4 Å². The third kappa shape index (κ3) is 3.04. The normalized spacial score (nSPS) is 27.1. The number of amidine groups is 1. The molecule has 8 heteroatoms. The van der Waals surface area contributed by atoms with Gasteiger partial charge in [0, 0.05) is 29.0 Å². The summed E-state index contributed by atoms with van der Waals surface area (Å²) < 4.78 is 5.68. The summed E-state index contributed by atoms with van der Waals surface area (Å²) in [5, 5.41) is 0. The minimum absolute atomic E-state index is 0. The molecule has 1 fully saturated rings. The Hall–Kier alpha value is -1.18. The summed E-state index contributed by atoms with van der Waals surface area (Å²) in [5.74, 6) is 0.687. The third-order valence-electron chi connectivity index (χ3n) is 3.74. The highest BCUT2D eigenvalue weighted by molar-refractivity contribution is 9.18. The number of halogens is 2. The molecular formula is C13H16BrClN4O2. The Bertz CT molecular complexity index is 558. The molecule has 0 amide bonds. The number of esters is 1. The summed E-state index contributed by atoms with van der Waals surface area (Å²) >= 11 is 3.48. The molecule has 0 aliphatic carbocycles. The number of piperidine rings is 1. The van der Waals surface area contributed by atoms with E-state index >= 15 is 0 Å². The van der Waals surface area contributed by atoms with Crippen LogP contribution in [0.15, 0.2) is 33.9 Å². The first kappa shape index (κ1) is 16.2. The van der Waals surface area contributed by atoms with Crippen molar-refractivity contribution in [2.45, 2.75) is 12.8 Å². The molecule has 21 heavy (non-hydrogen) atoms. The summed E-state index contributed by atoms with van der Waals surface area (Å²) in [7, 11) is 1.44. The second-order valence-corrected chi connectivity index (χ2v) is 5.71. The van der Waals surface area contributed by atoms with E-state index in [4.69, 9.17) is 4.74 Å². The van der Waals surface area contributed by atoms with Gasteiger partial charge in [-0.15, -0.1) is 0 Å². The molecular weight excluding hydrogens is 360 g/mol. The zero-order valence-electron chi connectivity index (χ0n) is 11.6. The van der Waals surface area contributed by atoms with Crippen molar-refractivity contribution in [2.24, 2.45) is 15.9 Å². The number of allylic oxidation sites excluding steroid dienone is 1. The fraction of sp³-hybridized carbons (Fsp3) is 0.462. The molecule has 3 rings (SSSR count). The van der Waals surface area contributed by atoms with E-state index in [9.17, 15) is 4.79 Å². The first-order valence-corrected chi connectivity index (χ1v) is 7.38. The molecule has 3 aliphatic rings. The molecule has 0 saturated carbocycles. The fourth-order valence-electron chi connectivity index (χ4n) is 2.74. The zero-order chi connectivity index (χ0) is 14.1. The van der Waals surface area contributed by atoms with Gasteiger partial charge in [-0.3, -0.25) is 9.79 Å². The molecule has 2 atom stereocenters. The number of likely N-dealkylation sites (tertiary alicyclic amines) is 1. The lowest BCUT2D eigenvalue weighted by atomic mass is 9.98. The first-order chi connectivity index (χ1) is 9.70. The predicted molar refractivity (Wildman–Crippen MR) is 78.3 cm³/mol. The van der Waals surface area contributed by atoms with Gasteiger partial charge in [0.25, 0.3) is 4.74 Å². The lowest BCUT2D eigenvalue weighted by Crippen LogP contribution is -3.07. The molecule has 0 aromatic rings. The number of quaternary nitrogens is 1. The Labute approximate surface area is 137 Å². The van der Waals surface area contributed by atoms with Gasteiger partial charge in [0.1, 0.15) is 6.20 Å². The van der Waals surface area contributed by atoms with E-state index in [-0.39, 0.29) is 24.3 Å². The standard InChI is InChI=1S/C13H15BrN4O2.ClH/c1-20-12(19)9-3-2-5-17(8-9)11-10-7-15-4-6-18(10)13(14)16-11;/h4,6-7,9H,2-3,5,8H2,1H3;1H. The van der Waals surface area contributed by atoms with Gasteiger partial charge >= 0.3 is 5.97 Å². The quantitative estimate of drug-likeness (QED) is 0.421. The van der Waals surface area contributed by atoms with E-state index in [1.54, 1.807) is 6.20 Å². The van der Waals surface area contributed by atoms with Crippen LogP contribution in [0.1, 0.15) is 12.8 Å². The lowest BCUT2D eigenvalue weighted by Gasteiger charge is -2.31. The van der Waals surface area contributed by atoms with Crippen LogP contribution >= 0.6 is 15.9 Å². The highest BCUT2D eigenvalue weighted by Crippen LogP contribution is 2.24. The van der Waals surface area contributed by atoms with Crippen molar-refractivity contribution >= 4 is 32.9 Å². The van der Waals surface area contributed by atoms with E-state index in [0.717, 1.165) is 40.5 Å². The molecule has 2 unspecified atom stereocenters. The molecule has 0 spiro atoms. The van der Waals surface area contributed by atoms with Crippen LogP contribution in [0.4, 0.5) is 0 Å². The maximum atomic E-state index is 11.7. The Balaban J connectivity index is 0.00000161. The molecule has 114 valence electrons. The van der Waals surface area contributed by atoms with Crippen LogP contribution in [0, 0.1) is 5.92 Å². The molecule has 6 nitrogen and oxygen atoms in total. The van der Waals surface area contributed by atoms with E-state index in [1.165, 1.54) is 7.11 Å². The summed E-state index contributed by atoms with van der Waals surface area (Å²) in [5.41, 5.74) is 1.02. The van der Waals surface area contributed by atoms with E-state index in [2.05, 4.69) is 30.8 Å². The van der Waals surface area contributed by atoms with Crippen LogP contribution < -0.4 is 17.3 Å². The highest BCUT2D eigenvalue weighted by Gasteiger charge is 2.36. The Kier molecular flexibility index (Phi) is 5.18. The smallest absolute Gasteiger partial charge is 0.310 e. The molecule has 0 aromatic heterocycles. The van der Waals surface area contributed by atoms with Crippen molar-refractivity contribution in [1.29, 1.82) is 0 Å². The minimum atomic E-state index is -0.136. The van der Waals surface area contributed by atoms with Gasteiger partial charge in [-0.05, 0) is 12.8 Å². The summed E-state index contributed by atoms with van der Waals surface area (Å²) in [6.45, 7) is 1.56. The van der Waals surface area contributed by atoms with Crippen LogP contribution in [0.3, 0.4) is 0 Å². The maximum Gasteiger partial charge on any atom is 0.310 e. The average molecular weight is 376 g/mol. The first-order valence-electron chi connectivity index (χ1n) is 6.59. The second-order valence-electron chi connectivity index (χ2n) is 4.96. The number of aliphatic imine (C=N–C) groups is 2. The van der Waals surface area contributed by atoms with Crippen LogP contribution in [0.5, 0.6) is 0 Å². The Morgan fingerprint density at radius 1 is 1.57 bits per heavy atom. The molecule has 3 aliphatic heterocycles. The number of fused-ring (bicyclic) bond motifs is 1. The number of nitrogens with zero attached hydrogens (tertiary/aromatic N) is 3.